The Morgan fingerprint density at radius 1 is 0.828 bits per heavy atom. The summed E-state index contributed by atoms with van der Waals surface area (Å²) in [5, 5.41) is 9.57. The summed E-state index contributed by atoms with van der Waals surface area (Å²) in [5.41, 5.74) is 16.3. The molecule has 2 aromatic rings. The lowest BCUT2D eigenvalue weighted by molar-refractivity contribution is 0.0698. The summed E-state index contributed by atoms with van der Waals surface area (Å²) in [6.45, 7) is 2.25. The number of benzene rings is 2. The summed E-state index contributed by atoms with van der Waals surface area (Å²) in [5.74, 6) is -0.952. The van der Waals surface area contributed by atoms with Gasteiger partial charge in [-0.05, 0) is 53.8 Å². The highest BCUT2D eigenvalue weighted by atomic mass is 16.4. The normalized spacial score (nSPS) is 10.9. The molecule has 0 aliphatic carbocycles. The van der Waals surface area contributed by atoms with Crippen LogP contribution in [0.25, 0.3) is 11.1 Å². The number of nitrogen functional groups attached to an aromatic ring is 2. The van der Waals surface area contributed by atoms with Gasteiger partial charge < -0.3 is 16.6 Å². The summed E-state index contributed by atoms with van der Waals surface area (Å²) in [6.07, 6.45) is 13.7. The number of anilines is 2. The van der Waals surface area contributed by atoms with Crippen LogP contribution in [-0.2, 0) is 6.42 Å². The van der Waals surface area contributed by atoms with Gasteiger partial charge in [0, 0.05) is 11.4 Å². The first-order chi connectivity index (χ1) is 14.0. The number of carboxylic acid groups (broad SMARTS) is 1. The maximum Gasteiger partial charge on any atom is 0.336 e. The minimum absolute atomic E-state index is 0.258. The molecule has 2 rings (SSSR count). The highest BCUT2D eigenvalue weighted by Crippen LogP contribution is 2.33. The van der Waals surface area contributed by atoms with Gasteiger partial charge in [0.05, 0.1) is 5.56 Å². The van der Waals surface area contributed by atoms with Crippen LogP contribution < -0.4 is 11.5 Å². The molecule has 158 valence electrons. The number of nitrogens with two attached hydrogens (primary N) is 2. The predicted octanol–water partition coefficient (Wildman–Crippen LogP) is 6.68. The number of carboxylic acids is 1. The molecule has 0 atom stereocenters. The third kappa shape index (κ3) is 7.12. The van der Waals surface area contributed by atoms with E-state index in [0.717, 1.165) is 29.7 Å². The maximum atomic E-state index is 11.7. The predicted molar refractivity (Wildman–Crippen MR) is 123 cm³/mol. The topological polar surface area (TPSA) is 89.3 Å². The van der Waals surface area contributed by atoms with Crippen molar-refractivity contribution in [3.05, 3.63) is 47.5 Å². The highest BCUT2D eigenvalue weighted by molar-refractivity contribution is 5.97. The zero-order chi connectivity index (χ0) is 21.1. The highest BCUT2D eigenvalue weighted by Gasteiger charge is 2.16. The molecule has 29 heavy (non-hydrogen) atoms. The van der Waals surface area contributed by atoms with Crippen molar-refractivity contribution in [1.82, 2.24) is 0 Å². The van der Waals surface area contributed by atoms with E-state index < -0.39 is 5.97 Å². The number of unbranched alkanes of at least 4 members (excludes halogenated alkanes) is 9. The van der Waals surface area contributed by atoms with E-state index in [-0.39, 0.29) is 5.56 Å². The second-order valence-corrected chi connectivity index (χ2v) is 7.92. The summed E-state index contributed by atoms with van der Waals surface area (Å²) in [7, 11) is 0. The number of rotatable bonds is 13. The fourth-order valence-electron chi connectivity index (χ4n) is 3.90. The van der Waals surface area contributed by atoms with Crippen molar-refractivity contribution < 1.29 is 9.90 Å². The molecule has 0 fully saturated rings. The molecule has 0 aromatic heterocycles. The molecule has 0 radical (unpaired) electrons. The molecule has 0 bridgehead atoms. The monoisotopic (exact) mass is 396 g/mol. The molecule has 0 aliphatic heterocycles. The second kappa shape index (κ2) is 12.2. The Labute approximate surface area is 175 Å². The van der Waals surface area contributed by atoms with Crippen molar-refractivity contribution in [2.75, 3.05) is 11.5 Å². The average molecular weight is 397 g/mol. The van der Waals surface area contributed by atoms with Crippen molar-refractivity contribution >= 4 is 17.3 Å². The Kier molecular flexibility index (Phi) is 9.55. The van der Waals surface area contributed by atoms with Crippen molar-refractivity contribution in [3.63, 3.8) is 0 Å². The van der Waals surface area contributed by atoms with Gasteiger partial charge in [-0.1, -0.05) is 76.8 Å². The van der Waals surface area contributed by atoms with Crippen LogP contribution in [-0.4, -0.2) is 11.1 Å². The molecule has 0 aliphatic rings. The van der Waals surface area contributed by atoms with E-state index >= 15 is 0 Å². The minimum atomic E-state index is -0.952. The first-order valence-electron chi connectivity index (χ1n) is 11.0. The second-order valence-electron chi connectivity index (χ2n) is 7.92. The van der Waals surface area contributed by atoms with Crippen molar-refractivity contribution in [3.8, 4) is 11.1 Å². The quantitative estimate of drug-likeness (QED) is 0.260. The zero-order valence-electron chi connectivity index (χ0n) is 17.8. The smallest absolute Gasteiger partial charge is 0.336 e. The summed E-state index contributed by atoms with van der Waals surface area (Å²) >= 11 is 0. The van der Waals surface area contributed by atoms with Gasteiger partial charge in [0.1, 0.15) is 0 Å². The molecule has 0 saturated carbocycles. The van der Waals surface area contributed by atoms with Gasteiger partial charge in [0.15, 0.2) is 0 Å². The van der Waals surface area contributed by atoms with E-state index in [0.29, 0.717) is 11.3 Å². The fourth-order valence-corrected chi connectivity index (χ4v) is 3.90. The standard InChI is InChI=1S/C25H36N2O2/c1-2-3-4-5-6-7-8-9-10-11-13-21-20(14-12-15-24(21)27)23-18-19(26)16-17-22(23)25(28)29/h12,14-18H,2-11,13,26-27H2,1H3,(H,28,29). The lowest BCUT2D eigenvalue weighted by Gasteiger charge is -2.15. The Morgan fingerprint density at radius 3 is 2.07 bits per heavy atom. The van der Waals surface area contributed by atoms with Crippen LogP contribution in [0.5, 0.6) is 0 Å². The molecule has 0 unspecified atom stereocenters. The summed E-state index contributed by atoms with van der Waals surface area (Å²) in [4.78, 5) is 11.7. The minimum Gasteiger partial charge on any atom is -0.478 e. The number of hydrogen-bond acceptors (Lipinski definition) is 3. The van der Waals surface area contributed by atoms with E-state index in [1.54, 1.807) is 18.2 Å². The molecule has 2 aromatic carbocycles. The molecule has 0 heterocycles. The first-order valence-corrected chi connectivity index (χ1v) is 11.0. The van der Waals surface area contributed by atoms with Gasteiger partial charge in [-0.15, -0.1) is 0 Å². The lowest BCUT2D eigenvalue weighted by Crippen LogP contribution is -2.04. The number of carbonyl (C=O) groups is 1. The molecule has 0 spiro atoms. The molecule has 5 N–H and O–H groups in total. The van der Waals surface area contributed by atoms with Gasteiger partial charge in [0.25, 0.3) is 0 Å². The van der Waals surface area contributed by atoms with Crippen LogP contribution in [0.4, 0.5) is 11.4 Å². The van der Waals surface area contributed by atoms with Gasteiger partial charge in [0.2, 0.25) is 0 Å². The van der Waals surface area contributed by atoms with Gasteiger partial charge in [-0.2, -0.15) is 0 Å². The van der Waals surface area contributed by atoms with Crippen molar-refractivity contribution in [1.29, 1.82) is 0 Å². The van der Waals surface area contributed by atoms with Gasteiger partial charge in [-0.3, -0.25) is 0 Å². The molecule has 0 saturated heterocycles. The molecular weight excluding hydrogens is 360 g/mol. The molecule has 4 nitrogen and oxygen atoms in total. The lowest BCUT2D eigenvalue weighted by atomic mass is 9.91. The summed E-state index contributed by atoms with van der Waals surface area (Å²) < 4.78 is 0. The Bertz CT molecular complexity index is 786. The fraction of sp³-hybridized carbons (Fsp3) is 0.480. The van der Waals surface area contributed by atoms with E-state index in [1.165, 1.54) is 57.8 Å². The third-order valence-electron chi connectivity index (χ3n) is 5.56. The van der Waals surface area contributed by atoms with E-state index in [4.69, 9.17) is 11.5 Å². The third-order valence-corrected chi connectivity index (χ3v) is 5.56. The SMILES string of the molecule is CCCCCCCCCCCCc1c(N)cccc1-c1cc(N)ccc1C(=O)O. The van der Waals surface area contributed by atoms with Crippen LogP contribution in [0.3, 0.4) is 0 Å². The van der Waals surface area contributed by atoms with Crippen LogP contribution in [0.2, 0.25) is 0 Å². The Hall–Kier alpha value is -2.49. The van der Waals surface area contributed by atoms with E-state index in [2.05, 4.69) is 6.92 Å². The van der Waals surface area contributed by atoms with E-state index in [9.17, 15) is 9.90 Å². The largest absolute Gasteiger partial charge is 0.478 e. The van der Waals surface area contributed by atoms with Crippen LogP contribution >= 0.6 is 0 Å². The van der Waals surface area contributed by atoms with Crippen molar-refractivity contribution in [2.24, 2.45) is 0 Å². The number of aromatic carboxylic acids is 1. The number of hydrogen-bond donors (Lipinski definition) is 3. The van der Waals surface area contributed by atoms with Gasteiger partial charge >= 0.3 is 5.97 Å². The molecular formula is C25H36N2O2. The zero-order valence-corrected chi connectivity index (χ0v) is 17.8. The van der Waals surface area contributed by atoms with Crippen molar-refractivity contribution in [2.45, 2.75) is 77.6 Å². The summed E-state index contributed by atoms with van der Waals surface area (Å²) in [6, 6.07) is 10.6. The molecule has 0 amide bonds. The maximum absolute atomic E-state index is 11.7. The van der Waals surface area contributed by atoms with Gasteiger partial charge in [-0.25, -0.2) is 4.79 Å². The Morgan fingerprint density at radius 2 is 1.45 bits per heavy atom. The van der Waals surface area contributed by atoms with E-state index in [1.807, 2.05) is 18.2 Å². The average Bonchev–Trinajstić information content (AvgIpc) is 2.70. The molecule has 4 heteroatoms. The first kappa shape index (κ1) is 22.8. The Balaban J connectivity index is 1.95. The van der Waals surface area contributed by atoms with Crippen LogP contribution in [0.15, 0.2) is 36.4 Å². The van der Waals surface area contributed by atoms with Crippen LogP contribution in [0, 0.1) is 0 Å². The van der Waals surface area contributed by atoms with Crippen LogP contribution in [0.1, 0.15) is 87.1 Å².